The molecule has 0 fully saturated rings. The summed E-state index contributed by atoms with van der Waals surface area (Å²) in [5.74, 6) is 1.40. The smallest absolute Gasteiger partial charge is 0.238 e. The van der Waals surface area contributed by atoms with Gasteiger partial charge < -0.3 is 5.73 Å². The van der Waals surface area contributed by atoms with Gasteiger partial charge in [0.05, 0.1) is 4.90 Å². The van der Waals surface area contributed by atoms with E-state index in [4.69, 9.17) is 10.9 Å². The first kappa shape index (κ1) is 13.3. The SMILES string of the molecule is CC(C)CSc1cc(S(N)(=O)=O)ccc1N. The summed E-state index contributed by atoms with van der Waals surface area (Å²) in [5.41, 5.74) is 6.34. The minimum atomic E-state index is -3.65. The van der Waals surface area contributed by atoms with Gasteiger partial charge in [0, 0.05) is 16.3 Å². The first-order chi connectivity index (χ1) is 7.30. The number of sulfonamides is 1. The molecule has 0 aliphatic heterocycles. The number of hydrogen-bond acceptors (Lipinski definition) is 4. The summed E-state index contributed by atoms with van der Waals surface area (Å²) in [6.45, 7) is 4.18. The molecule has 4 N–H and O–H groups in total. The molecule has 0 amide bonds. The van der Waals surface area contributed by atoms with Crippen LogP contribution in [0.3, 0.4) is 0 Å². The van der Waals surface area contributed by atoms with Crippen molar-refractivity contribution >= 4 is 27.5 Å². The molecule has 0 bridgehead atoms. The largest absolute Gasteiger partial charge is 0.398 e. The molecule has 0 aliphatic carbocycles. The zero-order valence-corrected chi connectivity index (χ0v) is 10.9. The predicted octanol–water partition coefficient (Wildman–Crippen LogP) is 1.66. The van der Waals surface area contributed by atoms with Gasteiger partial charge >= 0.3 is 0 Å². The van der Waals surface area contributed by atoms with E-state index in [0.717, 1.165) is 10.6 Å². The molecule has 0 radical (unpaired) electrons. The van der Waals surface area contributed by atoms with Crippen LogP contribution < -0.4 is 10.9 Å². The maximum absolute atomic E-state index is 11.2. The second-order valence-electron chi connectivity index (χ2n) is 3.95. The Morgan fingerprint density at radius 1 is 1.38 bits per heavy atom. The van der Waals surface area contributed by atoms with Crippen LogP contribution in [0.5, 0.6) is 0 Å². The third-order valence-corrected chi connectivity index (χ3v) is 4.29. The van der Waals surface area contributed by atoms with E-state index in [1.165, 1.54) is 12.1 Å². The highest BCUT2D eigenvalue weighted by molar-refractivity contribution is 7.99. The van der Waals surface area contributed by atoms with Gasteiger partial charge in [-0.1, -0.05) is 13.8 Å². The highest BCUT2D eigenvalue weighted by Crippen LogP contribution is 2.28. The van der Waals surface area contributed by atoms with Crippen molar-refractivity contribution in [3.63, 3.8) is 0 Å². The quantitative estimate of drug-likeness (QED) is 0.637. The average Bonchev–Trinajstić information content (AvgIpc) is 2.14. The molecular formula is C10H16N2O2S2. The minimum Gasteiger partial charge on any atom is -0.398 e. The van der Waals surface area contributed by atoms with Gasteiger partial charge in [-0.15, -0.1) is 11.8 Å². The van der Waals surface area contributed by atoms with E-state index in [-0.39, 0.29) is 4.90 Å². The third kappa shape index (κ3) is 3.70. The van der Waals surface area contributed by atoms with Crippen LogP contribution in [0.4, 0.5) is 5.69 Å². The first-order valence-corrected chi connectivity index (χ1v) is 7.39. The summed E-state index contributed by atoms with van der Waals surface area (Å²) < 4.78 is 22.3. The Bertz CT molecular complexity index is 470. The van der Waals surface area contributed by atoms with Crippen LogP contribution in [0, 0.1) is 5.92 Å². The number of anilines is 1. The third-order valence-electron chi connectivity index (χ3n) is 1.89. The lowest BCUT2D eigenvalue weighted by Crippen LogP contribution is -2.12. The van der Waals surface area contributed by atoms with Crippen LogP contribution >= 0.6 is 11.8 Å². The van der Waals surface area contributed by atoms with Gasteiger partial charge in [0.25, 0.3) is 0 Å². The summed E-state index contributed by atoms with van der Waals surface area (Å²) in [6, 6.07) is 4.52. The van der Waals surface area contributed by atoms with Crippen LogP contribution in [-0.4, -0.2) is 14.2 Å². The number of benzene rings is 1. The molecule has 4 nitrogen and oxygen atoms in total. The molecule has 6 heteroatoms. The predicted molar refractivity (Wildman–Crippen MR) is 67.8 cm³/mol. The fraction of sp³-hybridized carbons (Fsp3) is 0.400. The topological polar surface area (TPSA) is 86.2 Å². The van der Waals surface area contributed by atoms with E-state index in [1.807, 2.05) is 0 Å². The van der Waals surface area contributed by atoms with Gasteiger partial charge in [-0.25, -0.2) is 13.6 Å². The van der Waals surface area contributed by atoms with Crippen molar-refractivity contribution in [2.75, 3.05) is 11.5 Å². The van der Waals surface area contributed by atoms with Crippen molar-refractivity contribution in [1.29, 1.82) is 0 Å². The zero-order chi connectivity index (χ0) is 12.3. The van der Waals surface area contributed by atoms with E-state index in [9.17, 15) is 8.42 Å². The normalized spacial score (nSPS) is 12.0. The van der Waals surface area contributed by atoms with Crippen LogP contribution in [0.15, 0.2) is 28.0 Å². The molecule has 0 aliphatic rings. The summed E-state index contributed by atoms with van der Waals surface area (Å²) in [7, 11) is -3.65. The Morgan fingerprint density at radius 3 is 2.50 bits per heavy atom. The van der Waals surface area contributed by atoms with E-state index in [2.05, 4.69) is 13.8 Å². The molecule has 0 heterocycles. The van der Waals surface area contributed by atoms with Gasteiger partial charge in [0.15, 0.2) is 0 Å². The van der Waals surface area contributed by atoms with Crippen LogP contribution in [0.25, 0.3) is 0 Å². The molecular weight excluding hydrogens is 244 g/mol. The van der Waals surface area contributed by atoms with Crippen molar-refractivity contribution in [3.05, 3.63) is 18.2 Å². The molecule has 1 rings (SSSR count). The lowest BCUT2D eigenvalue weighted by Gasteiger charge is -2.08. The molecule has 0 aromatic heterocycles. The number of hydrogen-bond donors (Lipinski definition) is 2. The van der Waals surface area contributed by atoms with Crippen molar-refractivity contribution in [2.24, 2.45) is 11.1 Å². The molecule has 0 unspecified atom stereocenters. The van der Waals surface area contributed by atoms with E-state index < -0.39 is 10.0 Å². The number of nitrogen functional groups attached to an aromatic ring is 1. The molecule has 0 atom stereocenters. The molecule has 1 aromatic rings. The summed E-state index contributed by atoms with van der Waals surface area (Å²) in [5, 5.41) is 5.05. The first-order valence-electron chi connectivity index (χ1n) is 4.86. The number of primary sulfonamides is 1. The van der Waals surface area contributed by atoms with E-state index in [0.29, 0.717) is 11.6 Å². The summed E-state index contributed by atoms with van der Waals surface area (Å²) >= 11 is 1.54. The van der Waals surface area contributed by atoms with Gasteiger partial charge in [-0.2, -0.15) is 0 Å². The molecule has 0 saturated heterocycles. The Hall–Kier alpha value is -0.720. The summed E-state index contributed by atoms with van der Waals surface area (Å²) in [6.07, 6.45) is 0. The zero-order valence-electron chi connectivity index (χ0n) is 9.30. The van der Waals surface area contributed by atoms with Crippen molar-refractivity contribution < 1.29 is 8.42 Å². The highest BCUT2D eigenvalue weighted by Gasteiger charge is 2.10. The molecule has 16 heavy (non-hydrogen) atoms. The van der Waals surface area contributed by atoms with Crippen molar-refractivity contribution in [3.8, 4) is 0 Å². The second kappa shape index (κ2) is 5.07. The Balaban J connectivity index is 3.00. The maximum Gasteiger partial charge on any atom is 0.238 e. The Morgan fingerprint density at radius 2 is 2.00 bits per heavy atom. The number of thioether (sulfide) groups is 1. The molecule has 1 aromatic carbocycles. The van der Waals surface area contributed by atoms with Gasteiger partial charge in [0.1, 0.15) is 0 Å². The lowest BCUT2D eigenvalue weighted by molar-refractivity contribution is 0.597. The Kier molecular flexibility index (Phi) is 4.23. The minimum absolute atomic E-state index is 0.105. The maximum atomic E-state index is 11.2. The number of nitrogens with two attached hydrogens (primary N) is 2. The van der Waals surface area contributed by atoms with Crippen LogP contribution in [0.1, 0.15) is 13.8 Å². The van der Waals surface area contributed by atoms with E-state index >= 15 is 0 Å². The standard InChI is InChI=1S/C10H16N2O2S2/c1-7(2)6-15-10-5-8(16(12,13)14)3-4-9(10)11/h3-5,7H,6,11H2,1-2H3,(H2,12,13,14). The highest BCUT2D eigenvalue weighted by atomic mass is 32.2. The van der Waals surface area contributed by atoms with Crippen molar-refractivity contribution in [2.45, 2.75) is 23.6 Å². The van der Waals surface area contributed by atoms with Gasteiger partial charge in [0.2, 0.25) is 10.0 Å². The molecule has 90 valence electrons. The average molecular weight is 260 g/mol. The van der Waals surface area contributed by atoms with Crippen LogP contribution in [0.2, 0.25) is 0 Å². The van der Waals surface area contributed by atoms with Gasteiger partial charge in [-0.3, -0.25) is 0 Å². The van der Waals surface area contributed by atoms with Gasteiger partial charge in [-0.05, 0) is 24.1 Å². The second-order valence-corrected chi connectivity index (χ2v) is 6.57. The summed E-state index contributed by atoms with van der Waals surface area (Å²) in [4.78, 5) is 0.869. The van der Waals surface area contributed by atoms with Crippen molar-refractivity contribution in [1.82, 2.24) is 0 Å². The van der Waals surface area contributed by atoms with Crippen LogP contribution in [-0.2, 0) is 10.0 Å². The molecule has 0 spiro atoms. The van der Waals surface area contributed by atoms with E-state index in [1.54, 1.807) is 17.8 Å². The fourth-order valence-electron chi connectivity index (χ4n) is 1.07. The Labute approximate surface area is 100 Å². The molecule has 0 saturated carbocycles. The number of rotatable bonds is 4. The fourth-order valence-corrected chi connectivity index (χ4v) is 2.65. The monoisotopic (exact) mass is 260 g/mol. The lowest BCUT2D eigenvalue weighted by atomic mass is 10.3.